The smallest absolute Gasteiger partial charge is 0.148 e. The highest BCUT2D eigenvalue weighted by atomic mass is 19.1. The van der Waals surface area contributed by atoms with Gasteiger partial charge in [-0.3, -0.25) is 4.68 Å². The van der Waals surface area contributed by atoms with Crippen molar-refractivity contribution in [3.05, 3.63) is 42.0 Å². The number of aromatic nitrogens is 2. The molecule has 0 radical (unpaired) electrons. The molecule has 0 saturated heterocycles. The first-order chi connectivity index (χ1) is 8.16. The number of anilines is 2. The summed E-state index contributed by atoms with van der Waals surface area (Å²) in [6.45, 7) is 0.599. The van der Waals surface area contributed by atoms with Gasteiger partial charge in [-0.2, -0.15) is 5.10 Å². The minimum atomic E-state index is -0.328. The van der Waals surface area contributed by atoms with Crippen LogP contribution < -0.4 is 11.1 Å². The second kappa shape index (κ2) is 4.86. The Kier molecular flexibility index (Phi) is 3.27. The summed E-state index contributed by atoms with van der Waals surface area (Å²) in [5.74, 6) is -0.328. The van der Waals surface area contributed by atoms with Gasteiger partial charge in [0.25, 0.3) is 0 Å². The number of nitrogens with one attached hydrogen (secondary N) is 1. The maximum Gasteiger partial charge on any atom is 0.148 e. The third-order valence-electron chi connectivity index (χ3n) is 2.50. The molecular formula is C12H15FN4. The first kappa shape index (κ1) is 11.4. The fourth-order valence-electron chi connectivity index (χ4n) is 1.64. The molecule has 0 aliphatic carbocycles. The number of benzene rings is 1. The zero-order chi connectivity index (χ0) is 12.3. The first-order valence-electron chi connectivity index (χ1n) is 5.43. The van der Waals surface area contributed by atoms with Crippen molar-refractivity contribution in [1.82, 2.24) is 9.78 Å². The summed E-state index contributed by atoms with van der Waals surface area (Å²) in [7, 11) is 1.87. The van der Waals surface area contributed by atoms with Crippen LogP contribution in [0.5, 0.6) is 0 Å². The summed E-state index contributed by atoms with van der Waals surface area (Å²) in [4.78, 5) is 0. The number of rotatable bonds is 4. The van der Waals surface area contributed by atoms with E-state index in [0.29, 0.717) is 17.9 Å². The second-order valence-corrected chi connectivity index (χ2v) is 3.86. The number of nitrogens with two attached hydrogens (primary N) is 1. The van der Waals surface area contributed by atoms with Crippen LogP contribution in [0.3, 0.4) is 0 Å². The van der Waals surface area contributed by atoms with Crippen molar-refractivity contribution < 1.29 is 4.39 Å². The number of nitrogens with zero attached hydrogens (tertiary/aromatic N) is 2. The minimum absolute atomic E-state index is 0.328. The summed E-state index contributed by atoms with van der Waals surface area (Å²) in [5.41, 5.74) is 7.44. The topological polar surface area (TPSA) is 55.9 Å². The van der Waals surface area contributed by atoms with Crippen LogP contribution in [0.15, 0.2) is 30.5 Å². The molecule has 17 heavy (non-hydrogen) atoms. The highest BCUT2D eigenvalue weighted by molar-refractivity contribution is 5.66. The van der Waals surface area contributed by atoms with Crippen LogP contribution in [-0.2, 0) is 13.5 Å². The summed E-state index contributed by atoms with van der Waals surface area (Å²) in [6, 6.07) is 6.59. The maximum absolute atomic E-state index is 13.4. The third-order valence-corrected chi connectivity index (χ3v) is 2.50. The van der Waals surface area contributed by atoms with Crippen LogP contribution >= 0.6 is 0 Å². The number of nitrogen functional groups attached to an aromatic ring is 1. The van der Waals surface area contributed by atoms with E-state index in [4.69, 9.17) is 5.73 Å². The summed E-state index contributed by atoms with van der Waals surface area (Å²) >= 11 is 0. The molecule has 0 atom stereocenters. The van der Waals surface area contributed by atoms with Crippen LogP contribution in [0.25, 0.3) is 0 Å². The molecule has 0 unspecified atom stereocenters. The molecule has 4 nitrogen and oxygen atoms in total. The summed E-state index contributed by atoms with van der Waals surface area (Å²) < 4.78 is 15.2. The lowest BCUT2D eigenvalue weighted by molar-refractivity contribution is 0.630. The average molecular weight is 234 g/mol. The Morgan fingerprint density at radius 1 is 1.41 bits per heavy atom. The van der Waals surface area contributed by atoms with Crippen molar-refractivity contribution in [3.63, 3.8) is 0 Å². The SMILES string of the molecule is Cn1ccc(CCNc2c(N)cccc2F)n1. The van der Waals surface area contributed by atoms with E-state index in [2.05, 4.69) is 10.4 Å². The zero-order valence-corrected chi connectivity index (χ0v) is 9.65. The van der Waals surface area contributed by atoms with E-state index in [-0.39, 0.29) is 5.82 Å². The number of para-hydroxylation sites is 1. The molecule has 0 aliphatic heterocycles. The Morgan fingerprint density at radius 2 is 2.24 bits per heavy atom. The summed E-state index contributed by atoms with van der Waals surface area (Å²) in [6.07, 6.45) is 2.61. The average Bonchev–Trinajstić information content (AvgIpc) is 2.69. The van der Waals surface area contributed by atoms with Gasteiger partial charge < -0.3 is 11.1 Å². The van der Waals surface area contributed by atoms with E-state index in [9.17, 15) is 4.39 Å². The standard InChI is InChI=1S/C12H15FN4/c1-17-8-6-9(16-17)5-7-15-12-10(13)3-2-4-11(12)14/h2-4,6,8,15H,5,7,14H2,1H3. The van der Waals surface area contributed by atoms with Crippen LogP contribution in [0.4, 0.5) is 15.8 Å². The maximum atomic E-state index is 13.4. The Hall–Kier alpha value is -2.04. The van der Waals surface area contributed by atoms with Crippen LogP contribution in [0.2, 0.25) is 0 Å². The molecule has 1 aromatic carbocycles. The van der Waals surface area contributed by atoms with E-state index < -0.39 is 0 Å². The van der Waals surface area contributed by atoms with Gasteiger partial charge in [0.15, 0.2) is 0 Å². The van der Waals surface area contributed by atoms with E-state index in [1.807, 2.05) is 19.3 Å². The van der Waals surface area contributed by atoms with Gasteiger partial charge in [-0.05, 0) is 18.2 Å². The molecular weight excluding hydrogens is 219 g/mol. The van der Waals surface area contributed by atoms with Gasteiger partial charge in [0, 0.05) is 26.2 Å². The van der Waals surface area contributed by atoms with Gasteiger partial charge in [0.2, 0.25) is 0 Å². The predicted octanol–water partition coefficient (Wildman–Crippen LogP) is 1.80. The number of aryl methyl sites for hydroxylation is 1. The molecule has 3 N–H and O–H groups in total. The Labute approximate surface area is 99.2 Å². The Balaban J connectivity index is 1.94. The van der Waals surface area contributed by atoms with Gasteiger partial charge in [-0.25, -0.2) is 4.39 Å². The molecule has 0 aliphatic rings. The van der Waals surface area contributed by atoms with Gasteiger partial charge in [0.05, 0.1) is 17.1 Å². The van der Waals surface area contributed by atoms with Crippen LogP contribution in [0, 0.1) is 5.82 Å². The number of hydrogen-bond acceptors (Lipinski definition) is 3. The van der Waals surface area contributed by atoms with Crippen molar-refractivity contribution in [3.8, 4) is 0 Å². The van der Waals surface area contributed by atoms with Crippen molar-refractivity contribution >= 4 is 11.4 Å². The Morgan fingerprint density at radius 3 is 2.88 bits per heavy atom. The molecule has 5 heteroatoms. The Bertz CT molecular complexity index is 487. The molecule has 2 rings (SSSR count). The van der Waals surface area contributed by atoms with Gasteiger partial charge in [-0.1, -0.05) is 6.07 Å². The van der Waals surface area contributed by atoms with Gasteiger partial charge in [-0.15, -0.1) is 0 Å². The minimum Gasteiger partial charge on any atom is -0.397 e. The predicted molar refractivity (Wildman–Crippen MR) is 66.2 cm³/mol. The first-order valence-corrected chi connectivity index (χ1v) is 5.43. The molecule has 0 spiro atoms. The van der Waals surface area contributed by atoms with Crippen LogP contribution in [-0.4, -0.2) is 16.3 Å². The fourth-order valence-corrected chi connectivity index (χ4v) is 1.64. The lowest BCUT2D eigenvalue weighted by atomic mass is 10.2. The molecule has 1 aromatic heterocycles. The molecule has 2 aromatic rings. The van der Waals surface area contributed by atoms with Crippen molar-refractivity contribution in [2.45, 2.75) is 6.42 Å². The van der Waals surface area contributed by atoms with Gasteiger partial charge in [0.1, 0.15) is 5.82 Å². The third kappa shape index (κ3) is 2.75. The normalized spacial score (nSPS) is 10.5. The van der Waals surface area contributed by atoms with Crippen molar-refractivity contribution in [2.75, 3.05) is 17.6 Å². The number of halogens is 1. The summed E-state index contributed by atoms with van der Waals surface area (Å²) in [5, 5.41) is 7.23. The molecule has 0 amide bonds. The van der Waals surface area contributed by atoms with Crippen LogP contribution in [0.1, 0.15) is 5.69 Å². The molecule has 0 bridgehead atoms. The molecule has 0 saturated carbocycles. The fraction of sp³-hybridized carbons (Fsp3) is 0.250. The highest BCUT2D eigenvalue weighted by Crippen LogP contribution is 2.21. The van der Waals surface area contributed by atoms with Crippen molar-refractivity contribution in [1.29, 1.82) is 0 Å². The molecule has 0 fully saturated rings. The van der Waals surface area contributed by atoms with E-state index in [1.54, 1.807) is 16.8 Å². The monoisotopic (exact) mass is 234 g/mol. The van der Waals surface area contributed by atoms with E-state index >= 15 is 0 Å². The van der Waals surface area contributed by atoms with E-state index in [1.165, 1.54) is 6.07 Å². The quantitative estimate of drug-likeness (QED) is 0.793. The zero-order valence-electron chi connectivity index (χ0n) is 9.65. The largest absolute Gasteiger partial charge is 0.397 e. The van der Waals surface area contributed by atoms with E-state index in [0.717, 1.165) is 12.1 Å². The lowest BCUT2D eigenvalue weighted by Crippen LogP contribution is -2.09. The molecule has 90 valence electrons. The van der Waals surface area contributed by atoms with Crippen molar-refractivity contribution in [2.24, 2.45) is 7.05 Å². The van der Waals surface area contributed by atoms with Gasteiger partial charge >= 0.3 is 0 Å². The molecule has 1 heterocycles. The highest BCUT2D eigenvalue weighted by Gasteiger charge is 2.05. The number of hydrogen-bond donors (Lipinski definition) is 2. The lowest BCUT2D eigenvalue weighted by Gasteiger charge is -2.09. The second-order valence-electron chi connectivity index (χ2n) is 3.86.